The van der Waals surface area contributed by atoms with Crippen LogP contribution in [0.5, 0.6) is 0 Å². The summed E-state index contributed by atoms with van der Waals surface area (Å²) < 4.78 is 0. The maximum Gasteiger partial charge on any atom is 0.279 e. The van der Waals surface area contributed by atoms with Crippen molar-refractivity contribution in [2.75, 3.05) is 38.0 Å². The highest BCUT2D eigenvalue weighted by Crippen LogP contribution is 2.21. The molecular weight excluding hydrogens is 334 g/mol. The minimum atomic E-state index is 0.127. The Kier molecular flexibility index (Phi) is 6.30. The number of benzene rings is 2. The maximum atomic E-state index is 12.5. The third-order valence-corrected chi connectivity index (χ3v) is 5.72. The number of rotatable bonds is 5. The SMILES string of the molecule is Cc1cc(C)c(NC(=O)C[NH+]2CC[NH+](Cc3ccccc3C)CC2)c(C)c1. The van der Waals surface area contributed by atoms with Gasteiger partial charge in [0.05, 0.1) is 0 Å². The number of anilines is 1. The standard InChI is InChI=1S/C23H31N3O/c1-17-13-19(3)23(20(4)14-17)24-22(27)16-26-11-9-25(10-12-26)15-21-8-6-5-7-18(21)2/h5-8,13-14H,9-12,15-16H2,1-4H3,(H,24,27)/p+2. The average Bonchev–Trinajstić information content (AvgIpc) is 2.62. The van der Waals surface area contributed by atoms with Crippen LogP contribution in [0.2, 0.25) is 0 Å². The second kappa shape index (κ2) is 8.68. The molecule has 0 saturated carbocycles. The number of carbonyl (C=O) groups excluding carboxylic acids is 1. The summed E-state index contributed by atoms with van der Waals surface area (Å²) in [6.45, 7) is 14.4. The lowest BCUT2D eigenvalue weighted by atomic mass is 10.1. The quantitative estimate of drug-likeness (QED) is 0.720. The van der Waals surface area contributed by atoms with Crippen LogP contribution < -0.4 is 15.1 Å². The Morgan fingerprint density at radius 2 is 1.48 bits per heavy atom. The molecule has 1 fully saturated rings. The molecule has 4 heteroatoms. The van der Waals surface area contributed by atoms with Crippen molar-refractivity contribution in [3.8, 4) is 0 Å². The molecule has 0 radical (unpaired) electrons. The van der Waals surface area contributed by atoms with E-state index in [4.69, 9.17) is 0 Å². The largest absolute Gasteiger partial charge is 0.322 e. The molecule has 1 aliphatic rings. The van der Waals surface area contributed by atoms with Crippen molar-refractivity contribution >= 4 is 11.6 Å². The first kappa shape index (κ1) is 19.6. The number of nitrogens with one attached hydrogen (secondary N) is 3. The summed E-state index contributed by atoms with van der Waals surface area (Å²) in [4.78, 5) is 15.6. The first-order chi connectivity index (χ1) is 12.9. The normalized spacial score (nSPS) is 19.7. The molecule has 3 rings (SSSR count). The minimum absolute atomic E-state index is 0.127. The Bertz CT molecular complexity index is 784. The van der Waals surface area contributed by atoms with Gasteiger partial charge in [-0.25, -0.2) is 0 Å². The number of amides is 1. The van der Waals surface area contributed by atoms with E-state index in [1.54, 1.807) is 4.90 Å². The van der Waals surface area contributed by atoms with Gasteiger partial charge >= 0.3 is 0 Å². The van der Waals surface area contributed by atoms with Gasteiger partial charge in [-0.15, -0.1) is 0 Å². The molecule has 1 heterocycles. The molecule has 1 saturated heterocycles. The molecule has 1 aliphatic heterocycles. The number of hydrogen-bond acceptors (Lipinski definition) is 1. The fourth-order valence-corrected chi connectivity index (χ4v) is 4.18. The lowest BCUT2D eigenvalue weighted by molar-refractivity contribution is -1.02. The summed E-state index contributed by atoms with van der Waals surface area (Å²) in [7, 11) is 0. The van der Waals surface area contributed by atoms with E-state index in [9.17, 15) is 4.79 Å². The van der Waals surface area contributed by atoms with E-state index in [1.165, 1.54) is 21.6 Å². The second-order valence-electron chi connectivity index (χ2n) is 8.10. The molecular formula is C23H33N3O+2. The minimum Gasteiger partial charge on any atom is -0.322 e. The first-order valence-electron chi connectivity index (χ1n) is 10.0. The smallest absolute Gasteiger partial charge is 0.279 e. The number of aryl methyl sites for hydroxylation is 4. The summed E-state index contributed by atoms with van der Waals surface area (Å²) in [6.07, 6.45) is 0. The first-order valence-corrected chi connectivity index (χ1v) is 10.0. The molecule has 2 aromatic rings. The van der Waals surface area contributed by atoms with Gasteiger partial charge in [-0.1, -0.05) is 42.0 Å². The van der Waals surface area contributed by atoms with Crippen molar-refractivity contribution in [3.63, 3.8) is 0 Å². The predicted octanol–water partition coefficient (Wildman–Crippen LogP) is 0.842. The third kappa shape index (κ3) is 5.18. The fraction of sp³-hybridized carbons (Fsp3) is 0.435. The Labute approximate surface area is 163 Å². The van der Waals surface area contributed by atoms with Gasteiger partial charge in [-0.05, 0) is 44.4 Å². The zero-order valence-electron chi connectivity index (χ0n) is 17.1. The lowest BCUT2D eigenvalue weighted by Crippen LogP contribution is -3.28. The van der Waals surface area contributed by atoms with Crippen LogP contribution in [-0.2, 0) is 11.3 Å². The molecule has 0 unspecified atom stereocenters. The Balaban J connectivity index is 1.49. The fourth-order valence-electron chi connectivity index (χ4n) is 4.18. The molecule has 3 N–H and O–H groups in total. The van der Waals surface area contributed by atoms with Crippen LogP contribution in [0, 0.1) is 27.7 Å². The molecule has 0 spiro atoms. The van der Waals surface area contributed by atoms with Gasteiger partial charge in [0.2, 0.25) is 0 Å². The van der Waals surface area contributed by atoms with E-state index in [1.807, 2.05) is 0 Å². The van der Waals surface area contributed by atoms with Gasteiger partial charge < -0.3 is 15.1 Å². The molecule has 0 atom stereocenters. The zero-order valence-corrected chi connectivity index (χ0v) is 17.1. The van der Waals surface area contributed by atoms with E-state index >= 15 is 0 Å². The highest BCUT2D eigenvalue weighted by Gasteiger charge is 2.25. The van der Waals surface area contributed by atoms with Crippen LogP contribution in [0.3, 0.4) is 0 Å². The highest BCUT2D eigenvalue weighted by atomic mass is 16.2. The van der Waals surface area contributed by atoms with Crippen molar-refractivity contribution in [1.82, 2.24) is 0 Å². The van der Waals surface area contributed by atoms with Gasteiger partial charge in [0.15, 0.2) is 6.54 Å². The van der Waals surface area contributed by atoms with Crippen LogP contribution >= 0.6 is 0 Å². The van der Waals surface area contributed by atoms with Gasteiger partial charge in [-0.3, -0.25) is 4.79 Å². The van der Waals surface area contributed by atoms with Gasteiger partial charge in [0.1, 0.15) is 32.7 Å². The van der Waals surface area contributed by atoms with Crippen molar-refractivity contribution in [3.05, 3.63) is 64.2 Å². The monoisotopic (exact) mass is 367 g/mol. The van der Waals surface area contributed by atoms with E-state index in [2.05, 4.69) is 69.4 Å². The van der Waals surface area contributed by atoms with E-state index in [0.29, 0.717) is 6.54 Å². The van der Waals surface area contributed by atoms with Crippen molar-refractivity contribution in [2.45, 2.75) is 34.2 Å². The van der Waals surface area contributed by atoms with Crippen LogP contribution in [0.4, 0.5) is 5.69 Å². The highest BCUT2D eigenvalue weighted by molar-refractivity contribution is 5.93. The predicted molar refractivity (Wildman–Crippen MR) is 110 cm³/mol. The third-order valence-electron chi connectivity index (χ3n) is 5.72. The van der Waals surface area contributed by atoms with E-state index in [-0.39, 0.29) is 5.91 Å². The molecule has 27 heavy (non-hydrogen) atoms. The second-order valence-corrected chi connectivity index (χ2v) is 8.10. The summed E-state index contributed by atoms with van der Waals surface area (Å²) >= 11 is 0. The number of hydrogen-bond donors (Lipinski definition) is 3. The van der Waals surface area contributed by atoms with Crippen molar-refractivity contribution < 1.29 is 14.6 Å². The van der Waals surface area contributed by atoms with E-state index < -0.39 is 0 Å². The molecule has 4 nitrogen and oxygen atoms in total. The lowest BCUT2D eigenvalue weighted by Gasteiger charge is -2.29. The summed E-state index contributed by atoms with van der Waals surface area (Å²) in [5, 5.41) is 3.14. The summed E-state index contributed by atoms with van der Waals surface area (Å²) in [6, 6.07) is 12.9. The van der Waals surface area contributed by atoms with E-state index in [0.717, 1.165) is 49.5 Å². The van der Waals surface area contributed by atoms with Gasteiger partial charge in [-0.2, -0.15) is 0 Å². The topological polar surface area (TPSA) is 38.0 Å². The Morgan fingerprint density at radius 1 is 0.889 bits per heavy atom. The molecule has 0 aromatic heterocycles. The molecule has 0 aliphatic carbocycles. The molecule has 2 aromatic carbocycles. The molecule has 0 bridgehead atoms. The number of quaternary nitrogens is 2. The van der Waals surface area contributed by atoms with Crippen LogP contribution in [-0.4, -0.2) is 38.6 Å². The number of piperazine rings is 1. The maximum absolute atomic E-state index is 12.5. The van der Waals surface area contributed by atoms with Crippen LogP contribution in [0.1, 0.15) is 27.8 Å². The molecule has 144 valence electrons. The molecule has 1 amide bonds. The summed E-state index contributed by atoms with van der Waals surface area (Å²) in [5.74, 6) is 0.127. The Morgan fingerprint density at radius 3 is 2.11 bits per heavy atom. The Hall–Kier alpha value is -2.17. The number of carbonyl (C=O) groups is 1. The van der Waals surface area contributed by atoms with Gasteiger partial charge in [0.25, 0.3) is 5.91 Å². The van der Waals surface area contributed by atoms with Crippen LogP contribution in [0.25, 0.3) is 0 Å². The zero-order chi connectivity index (χ0) is 19.4. The van der Waals surface area contributed by atoms with Crippen molar-refractivity contribution in [1.29, 1.82) is 0 Å². The summed E-state index contributed by atoms with van der Waals surface area (Å²) in [5.41, 5.74) is 7.32. The van der Waals surface area contributed by atoms with Crippen molar-refractivity contribution in [2.24, 2.45) is 0 Å². The average molecular weight is 368 g/mol. The van der Waals surface area contributed by atoms with Gasteiger partial charge in [0, 0.05) is 11.3 Å². The van der Waals surface area contributed by atoms with Crippen LogP contribution in [0.15, 0.2) is 36.4 Å².